The molecule has 4 nitrogen and oxygen atoms in total. The van der Waals surface area contributed by atoms with Crippen molar-refractivity contribution in [2.45, 2.75) is 57.4 Å². The van der Waals surface area contributed by atoms with Crippen LogP contribution in [0.4, 0.5) is 0 Å². The lowest BCUT2D eigenvalue weighted by Gasteiger charge is -2.22. The summed E-state index contributed by atoms with van der Waals surface area (Å²) in [5.74, 6) is 0.189. The van der Waals surface area contributed by atoms with Crippen molar-refractivity contribution in [3.63, 3.8) is 0 Å². The van der Waals surface area contributed by atoms with Gasteiger partial charge in [0.25, 0.3) is 5.56 Å². The minimum Gasteiger partial charge on any atom is -0.414 e. The Hall–Kier alpha value is -1.32. The van der Waals surface area contributed by atoms with Gasteiger partial charge in [-0.05, 0) is 25.7 Å². The lowest BCUT2D eigenvalue weighted by Crippen LogP contribution is -2.38. The number of nitrogens with zero attached hydrogens (tertiary/aromatic N) is 1. The maximum Gasteiger partial charge on any atom is 0.422 e. The molecule has 0 saturated heterocycles. The van der Waals surface area contributed by atoms with E-state index in [0.29, 0.717) is 5.76 Å². The van der Waals surface area contributed by atoms with Crippen molar-refractivity contribution in [2.75, 3.05) is 0 Å². The van der Waals surface area contributed by atoms with E-state index in [4.69, 9.17) is 4.42 Å². The summed E-state index contributed by atoms with van der Waals surface area (Å²) in [4.78, 5) is 24.2. The molecule has 0 spiro atoms. The standard InChI is InChI=1S/C13H17NO3/c15-12-10-7-4-8-11(10)17-13(16)14(12)9-5-2-1-3-6-9/h9H,1-8H2. The lowest BCUT2D eigenvalue weighted by atomic mass is 9.95. The molecule has 1 aromatic rings. The minimum absolute atomic E-state index is 0.0680. The average Bonchev–Trinajstić information content (AvgIpc) is 2.78. The van der Waals surface area contributed by atoms with Gasteiger partial charge in [0.1, 0.15) is 5.76 Å². The maximum absolute atomic E-state index is 12.3. The highest BCUT2D eigenvalue weighted by atomic mass is 16.4. The predicted molar refractivity (Wildman–Crippen MR) is 63.4 cm³/mol. The van der Waals surface area contributed by atoms with Gasteiger partial charge in [0, 0.05) is 12.5 Å². The Kier molecular flexibility index (Phi) is 2.65. The minimum atomic E-state index is -0.442. The van der Waals surface area contributed by atoms with Gasteiger partial charge in [0.05, 0.1) is 5.56 Å². The number of rotatable bonds is 1. The van der Waals surface area contributed by atoms with Crippen LogP contribution in [0.2, 0.25) is 0 Å². The zero-order valence-electron chi connectivity index (χ0n) is 9.91. The quantitative estimate of drug-likeness (QED) is 0.745. The summed E-state index contributed by atoms with van der Waals surface area (Å²) in [5, 5.41) is 0. The molecule has 0 aromatic carbocycles. The highest BCUT2D eigenvalue weighted by Crippen LogP contribution is 2.26. The SMILES string of the molecule is O=c1oc2c(c(=O)n1C1CCCCC1)CCC2. The third-order valence-corrected chi connectivity index (χ3v) is 3.99. The van der Waals surface area contributed by atoms with Crippen molar-refractivity contribution in [3.05, 3.63) is 32.2 Å². The van der Waals surface area contributed by atoms with Crippen LogP contribution in [0.1, 0.15) is 55.9 Å². The Morgan fingerprint density at radius 1 is 1.00 bits per heavy atom. The van der Waals surface area contributed by atoms with Crippen molar-refractivity contribution in [1.82, 2.24) is 4.57 Å². The Balaban J connectivity index is 2.10. The zero-order valence-corrected chi connectivity index (χ0v) is 9.91. The van der Waals surface area contributed by atoms with E-state index in [2.05, 4.69) is 0 Å². The van der Waals surface area contributed by atoms with Crippen LogP contribution in [0.25, 0.3) is 0 Å². The molecule has 1 heterocycles. The summed E-state index contributed by atoms with van der Waals surface area (Å²) in [6, 6.07) is 0.0680. The Labute approximate surface area is 99.3 Å². The highest BCUT2D eigenvalue weighted by molar-refractivity contribution is 5.19. The van der Waals surface area contributed by atoms with E-state index >= 15 is 0 Å². The summed E-state index contributed by atoms with van der Waals surface area (Å²) in [7, 11) is 0. The fourth-order valence-electron chi connectivity index (χ4n) is 3.09. The van der Waals surface area contributed by atoms with Crippen molar-refractivity contribution in [2.24, 2.45) is 0 Å². The molecule has 2 aliphatic carbocycles. The first kappa shape index (κ1) is 10.8. The van der Waals surface area contributed by atoms with E-state index in [1.807, 2.05) is 0 Å². The summed E-state index contributed by atoms with van der Waals surface area (Å²) in [6.07, 6.45) is 7.73. The molecule has 0 bridgehead atoms. The van der Waals surface area contributed by atoms with E-state index in [-0.39, 0.29) is 11.6 Å². The monoisotopic (exact) mass is 235 g/mol. The lowest BCUT2D eigenvalue weighted by molar-refractivity contribution is 0.292. The molecule has 2 aliphatic rings. The largest absolute Gasteiger partial charge is 0.422 e. The summed E-state index contributed by atoms with van der Waals surface area (Å²) in [5.41, 5.74) is 0.663. The van der Waals surface area contributed by atoms with E-state index in [0.717, 1.165) is 50.5 Å². The second-order valence-electron chi connectivity index (χ2n) is 5.09. The number of aryl methyl sites for hydroxylation is 1. The first-order valence-electron chi connectivity index (χ1n) is 6.55. The van der Waals surface area contributed by atoms with Crippen LogP contribution < -0.4 is 11.3 Å². The molecule has 0 atom stereocenters. The molecule has 0 N–H and O–H groups in total. The molecule has 4 heteroatoms. The smallest absolute Gasteiger partial charge is 0.414 e. The van der Waals surface area contributed by atoms with Crippen LogP contribution in [-0.4, -0.2) is 4.57 Å². The third kappa shape index (κ3) is 1.75. The van der Waals surface area contributed by atoms with Crippen molar-refractivity contribution in [3.8, 4) is 0 Å². The van der Waals surface area contributed by atoms with E-state index in [1.54, 1.807) is 0 Å². The summed E-state index contributed by atoms with van der Waals surface area (Å²) >= 11 is 0. The van der Waals surface area contributed by atoms with E-state index < -0.39 is 5.76 Å². The van der Waals surface area contributed by atoms with Gasteiger partial charge in [-0.25, -0.2) is 9.36 Å². The topological polar surface area (TPSA) is 52.2 Å². The highest BCUT2D eigenvalue weighted by Gasteiger charge is 2.25. The average molecular weight is 235 g/mol. The van der Waals surface area contributed by atoms with Gasteiger partial charge in [-0.1, -0.05) is 19.3 Å². The summed E-state index contributed by atoms with van der Waals surface area (Å²) < 4.78 is 6.67. The van der Waals surface area contributed by atoms with Crippen molar-refractivity contribution >= 4 is 0 Å². The normalized spacial score (nSPS) is 20.5. The van der Waals surface area contributed by atoms with E-state index in [1.165, 1.54) is 11.0 Å². The van der Waals surface area contributed by atoms with Crippen molar-refractivity contribution < 1.29 is 4.42 Å². The maximum atomic E-state index is 12.3. The van der Waals surface area contributed by atoms with Crippen LogP contribution in [0, 0.1) is 0 Å². The van der Waals surface area contributed by atoms with Crippen LogP contribution in [-0.2, 0) is 12.8 Å². The predicted octanol–water partition coefficient (Wildman–Crippen LogP) is 1.80. The molecule has 17 heavy (non-hydrogen) atoms. The molecule has 0 aliphatic heterocycles. The second-order valence-corrected chi connectivity index (χ2v) is 5.09. The third-order valence-electron chi connectivity index (χ3n) is 3.99. The van der Waals surface area contributed by atoms with Gasteiger partial charge in [-0.3, -0.25) is 4.79 Å². The first-order valence-corrected chi connectivity index (χ1v) is 6.55. The van der Waals surface area contributed by atoms with Gasteiger partial charge in [0.2, 0.25) is 0 Å². The molecule has 1 fully saturated rings. The molecular weight excluding hydrogens is 218 g/mol. The molecule has 92 valence electrons. The zero-order chi connectivity index (χ0) is 11.8. The Bertz CT molecular complexity index is 535. The number of aromatic nitrogens is 1. The van der Waals surface area contributed by atoms with Crippen LogP contribution in [0.3, 0.4) is 0 Å². The molecule has 3 rings (SSSR count). The summed E-state index contributed by atoms with van der Waals surface area (Å²) in [6.45, 7) is 0. The van der Waals surface area contributed by atoms with Crippen LogP contribution in [0.15, 0.2) is 14.0 Å². The van der Waals surface area contributed by atoms with Crippen molar-refractivity contribution in [1.29, 1.82) is 0 Å². The van der Waals surface area contributed by atoms with E-state index in [9.17, 15) is 9.59 Å². The number of hydrogen-bond acceptors (Lipinski definition) is 3. The Morgan fingerprint density at radius 2 is 1.76 bits per heavy atom. The number of fused-ring (bicyclic) bond motifs is 1. The number of hydrogen-bond donors (Lipinski definition) is 0. The van der Waals surface area contributed by atoms with Gasteiger partial charge in [-0.15, -0.1) is 0 Å². The molecule has 1 aromatic heterocycles. The van der Waals surface area contributed by atoms with Gasteiger partial charge in [-0.2, -0.15) is 0 Å². The second kappa shape index (κ2) is 4.17. The van der Waals surface area contributed by atoms with Gasteiger partial charge < -0.3 is 4.42 Å². The molecule has 0 radical (unpaired) electrons. The van der Waals surface area contributed by atoms with Crippen LogP contribution in [0.5, 0.6) is 0 Å². The molecule has 0 amide bonds. The first-order chi connectivity index (χ1) is 8.27. The fraction of sp³-hybridized carbons (Fsp3) is 0.692. The molecule has 1 saturated carbocycles. The fourth-order valence-corrected chi connectivity index (χ4v) is 3.09. The Morgan fingerprint density at radius 3 is 2.53 bits per heavy atom. The van der Waals surface area contributed by atoms with Crippen LogP contribution >= 0.6 is 0 Å². The van der Waals surface area contributed by atoms with Gasteiger partial charge in [0.15, 0.2) is 0 Å². The van der Waals surface area contributed by atoms with Gasteiger partial charge >= 0.3 is 5.76 Å². The molecule has 0 unspecified atom stereocenters. The molecular formula is C13H17NO3.